The molecule has 7 heteroatoms. The molecular formula is C44H64N3O3P. The van der Waals surface area contributed by atoms with Crippen molar-refractivity contribution >= 4 is 30.1 Å². The van der Waals surface area contributed by atoms with Crippen LogP contribution in [0.3, 0.4) is 0 Å². The molecule has 278 valence electrons. The van der Waals surface area contributed by atoms with Gasteiger partial charge < -0.3 is 0 Å². The van der Waals surface area contributed by atoms with Crippen LogP contribution >= 0.6 is 8.60 Å². The smallest absolute Gasteiger partial charge is 0.293 e. The number of rotatable bonds is 15. The molecule has 6 nitrogen and oxygen atoms in total. The van der Waals surface area contributed by atoms with Crippen molar-refractivity contribution < 1.29 is 13.6 Å². The monoisotopic (exact) mass is 713 g/mol. The summed E-state index contributed by atoms with van der Waals surface area (Å²) in [7, 11) is -1.89. The lowest BCUT2D eigenvalue weighted by Crippen LogP contribution is -2.57. The Bertz CT molecular complexity index is 1720. The quantitative estimate of drug-likeness (QED) is 0.0902. The summed E-state index contributed by atoms with van der Waals surface area (Å²) in [6, 6.07) is 28.2. The summed E-state index contributed by atoms with van der Waals surface area (Å²) in [5.74, 6) is 0. The summed E-state index contributed by atoms with van der Waals surface area (Å²) >= 11 is 0. The molecule has 3 atom stereocenters. The van der Waals surface area contributed by atoms with Crippen molar-refractivity contribution in [2.24, 2.45) is 0 Å². The van der Waals surface area contributed by atoms with Gasteiger partial charge in [0.05, 0.1) is 0 Å². The van der Waals surface area contributed by atoms with E-state index in [2.05, 4.69) is 184 Å². The Morgan fingerprint density at radius 2 is 0.941 bits per heavy atom. The van der Waals surface area contributed by atoms with Crippen molar-refractivity contribution in [1.82, 2.24) is 14.7 Å². The molecule has 0 radical (unpaired) electrons. The molecule has 0 aliphatic heterocycles. The summed E-state index contributed by atoms with van der Waals surface area (Å²) in [5.41, 5.74) is 4.07. The van der Waals surface area contributed by atoms with E-state index in [1.54, 1.807) is 0 Å². The Balaban J connectivity index is 1.81. The Morgan fingerprint density at radius 3 is 1.41 bits per heavy atom. The molecule has 0 N–H and O–H groups in total. The first-order chi connectivity index (χ1) is 24.1. The molecule has 0 bridgehead atoms. The highest BCUT2D eigenvalue weighted by Crippen LogP contribution is 2.58. The maximum Gasteiger partial charge on any atom is 0.338 e. The molecule has 1 aliphatic rings. The minimum atomic E-state index is -1.89. The Hall–Kier alpha value is -2.41. The van der Waals surface area contributed by atoms with Gasteiger partial charge in [0.25, 0.3) is 0 Å². The van der Waals surface area contributed by atoms with Gasteiger partial charge in [0.2, 0.25) is 0 Å². The first-order valence-corrected chi connectivity index (χ1v) is 20.4. The molecular weight excluding hydrogens is 649 g/mol. The molecule has 0 saturated carbocycles. The van der Waals surface area contributed by atoms with E-state index < -0.39 is 14.3 Å². The molecule has 0 heterocycles. The molecule has 1 aliphatic carbocycles. The summed E-state index contributed by atoms with van der Waals surface area (Å²) in [4.78, 5) is 7.38. The normalized spacial score (nSPS) is 17.9. The molecule has 4 aromatic carbocycles. The van der Waals surface area contributed by atoms with Crippen LogP contribution in [-0.2, 0) is 25.7 Å². The third-order valence-corrected chi connectivity index (χ3v) is 11.9. The average Bonchev–Trinajstić information content (AvgIpc) is 3.03. The third-order valence-electron chi connectivity index (χ3n) is 10.5. The highest BCUT2D eigenvalue weighted by atomic mass is 31.2. The number of hydrogen-bond donors (Lipinski definition) is 0. The Morgan fingerprint density at radius 1 is 0.510 bits per heavy atom. The summed E-state index contributed by atoms with van der Waals surface area (Å²) in [6.45, 7) is 31.4. The minimum Gasteiger partial charge on any atom is -0.293 e. The van der Waals surface area contributed by atoms with Crippen LogP contribution < -0.4 is 0 Å². The fourth-order valence-corrected chi connectivity index (χ4v) is 10.6. The van der Waals surface area contributed by atoms with E-state index in [1.807, 2.05) is 0 Å². The highest BCUT2D eigenvalue weighted by Gasteiger charge is 2.51. The van der Waals surface area contributed by atoms with E-state index >= 15 is 0 Å². The predicted octanol–water partition coefficient (Wildman–Crippen LogP) is 11.7. The number of fused-ring (bicyclic) bond motifs is 7. The molecule has 0 fully saturated rings. The summed E-state index contributed by atoms with van der Waals surface area (Å²) < 4.78 is 22.2. The van der Waals surface area contributed by atoms with Crippen LogP contribution in [0.15, 0.2) is 72.8 Å². The van der Waals surface area contributed by atoms with Crippen molar-refractivity contribution in [3.05, 3.63) is 83.9 Å². The van der Waals surface area contributed by atoms with Crippen molar-refractivity contribution in [3.8, 4) is 11.1 Å². The van der Waals surface area contributed by atoms with Crippen molar-refractivity contribution in [2.45, 2.75) is 158 Å². The van der Waals surface area contributed by atoms with E-state index in [0.29, 0.717) is 6.42 Å². The zero-order valence-electron chi connectivity index (χ0n) is 33.8. The number of nitrogens with zero attached hydrogens (tertiary/aromatic N) is 3. The predicted molar refractivity (Wildman–Crippen MR) is 218 cm³/mol. The first kappa shape index (κ1) is 39.8. The molecule has 51 heavy (non-hydrogen) atoms. The molecule has 0 unspecified atom stereocenters. The lowest BCUT2D eigenvalue weighted by molar-refractivity contribution is -0.148. The van der Waals surface area contributed by atoms with Gasteiger partial charge in [-0.1, -0.05) is 72.8 Å². The van der Waals surface area contributed by atoms with Gasteiger partial charge in [0.15, 0.2) is 5.72 Å². The Kier molecular flexibility index (Phi) is 12.7. The van der Waals surface area contributed by atoms with E-state index in [4.69, 9.17) is 13.6 Å². The Labute approximate surface area is 310 Å². The van der Waals surface area contributed by atoms with Crippen molar-refractivity contribution in [2.75, 3.05) is 0 Å². The second-order valence-electron chi connectivity index (χ2n) is 16.1. The molecule has 0 aromatic heterocycles. The summed E-state index contributed by atoms with van der Waals surface area (Å²) in [5, 5.41) is 4.90. The number of hydrogen-bond acceptors (Lipinski definition) is 6. The lowest BCUT2D eigenvalue weighted by Gasteiger charge is -2.52. The SMILES string of the molecule is CC(C)N(C(C)C)[C@H](C)OP(O[C@@H](C)N(C(C)C)C(C)C)O[C@@]1(N(C(C)C)C(C)C)Cc2c(ccc3ccccc23)-c2ccc3ccccc3c21. The maximum atomic E-state index is 7.86. The maximum absolute atomic E-state index is 7.86. The highest BCUT2D eigenvalue weighted by molar-refractivity contribution is 7.41. The number of benzene rings is 4. The minimum absolute atomic E-state index is 0.158. The van der Waals surface area contributed by atoms with E-state index in [9.17, 15) is 0 Å². The van der Waals surface area contributed by atoms with Crippen LogP contribution in [0.4, 0.5) is 0 Å². The first-order valence-electron chi connectivity index (χ1n) is 19.3. The second-order valence-corrected chi connectivity index (χ2v) is 17.1. The van der Waals surface area contributed by atoms with Crippen molar-refractivity contribution in [3.63, 3.8) is 0 Å². The fraction of sp³-hybridized carbons (Fsp3) is 0.545. The molecule has 4 aromatic rings. The van der Waals surface area contributed by atoms with Crippen LogP contribution in [0.5, 0.6) is 0 Å². The van der Waals surface area contributed by atoms with Gasteiger partial charge >= 0.3 is 8.60 Å². The van der Waals surface area contributed by atoms with Gasteiger partial charge in [-0.25, -0.2) is 0 Å². The zero-order chi connectivity index (χ0) is 37.4. The van der Waals surface area contributed by atoms with E-state index in [1.165, 1.54) is 43.8 Å². The molecule has 0 amide bonds. The third kappa shape index (κ3) is 7.94. The lowest BCUT2D eigenvalue weighted by atomic mass is 9.75. The standard InChI is InChI=1S/C44H64N3O3P/c1-28(2)45(29(3)4)34(13)48-51(49-35(14)46(30(5)6)31(7)8)50-44(47(32(9)10)33(11)12)27-42-38-21-17-15-19-36(38)23-25-40(42)41-26-24-37-20-16-18-22-39(37)43(41)44/h15-26,28-35H,27H2,1-14H3/t34-,35-,44-/m0/s1. The van der Waals surface area contributed by atoms with Crippen LogP contribution in [0.1, 0.15) is 108 Å². The second kappa shape index (κ2) is 16.3. The van der Waals surface area contributed by atoms with Crippen LogP contribution in [0, 0.1) is 0 Å². The van der Waals surface area contributed by atoms with Gasteiger partial charge in [-0.15, -0.1) is 0 Å². The topological polar surface area (TPSA) is 37.4 Å². The van der Waals surface area contributed by atoms with Gasteiger partial charge in [-0.05, 0) is 135 Å². The fourth-order valence-electron chi connectivity index (χ4n) is 9.22. The van der Waals surface area contributed by atoms with Gasteiger partial charge in [0.1, 0.15) is 12.5 Å². The molecule has 0 spiro atoms. The zero-order valence-corrected chi connectivity index (χ0v) is 34.7. The van der Waals surface area contributed by atoms with Crippen LogP contribution in [0.25, 0.3) is 32.7 Å². The molecule has 5 rings (SSSR count). The van der Waals surface area contributed by atoms with Crippen LogP contribution in [0.2, 0.25) is 0 Å². The van der Waals surface area contributed by atoms with E-state index in [-0.39, 0.29) is 48.7 Å². The van der Waals surface area contributed by atoms with Gasteiger partial charge in [0, 0.05) is 48.2 Å². The van der Waals surface area contributed by atoms with E-state index in [0.717, 1.165) is 0 Å². The van der Waals surface area contributed by atoms with Gasteiger partial charge in [-0.3, -0.25) is 28.3 Å². The average molecular weight is 714 g/mol. The largest absolute Gasteiger partial charge is 0.338 e. The summed E-state index contributed by atoms with van der Waals surface area (Å²) in [6.07, 6.45) is 0.190. The van der Waals surface area contributed by atoms with Gasteiger partial charge in [-0.2, -0.15) is 0 Å². The van der Waals surface area contributed by atoms with Crippen molar-refractivity contribution in [1.29, 1.82) is 0 Å². The molecule has 0 saturated heterocycles. The van der Waals surface area contributed by atoms with Crippen LogP contribution in [-0.4, -0.2) is 63.4 Å².